The monoisotopic (exact) mass is 384 g/mol. The number of carbonyl (C=O) groups is 2. The van der Waals surface area contributed by atoms with Crippen molar-refractivity contribution in [3.8, 4) is 5.69 Å². The van der Waals surface area contributed by atoms with Gasteiger partial charge in [-0.15, -0.1) is 5.10 Å². The van der Waals surface area contributed by atoms with Gasteiger partial charge in [0.2, 0.25) is 0 Å². The molecule has 0 saturated carbocycles. The van der Waals surface area contributed by atoms with Crippen LogP contribution >= 0.6 is 11.6 Å². The van der Waals surface area contributed by atoms with Crippen LogP contribution in [0.15, 0.2) is 54.6 Å². The summed E-state index contributed by atoms with van der Waals surface area (Å²) in [5, 5.41) is 11.6. The minimum absolute atomic E-state index is 0.0735. The van der Waals surface area contributed by atoms with E-state index in [1.807, 2.05) is 30.3 Å². The third-order valence-electron chi connectivity index (χ3n) is 3.70. The van der Waals surface area contributed by atoms with Gasteiger partial charge in [-0.25, -0.2) is 4.79 Å². The van der Waals surface area contributed by atoms with Gasteiger partial charge in [0.15, 0.2) is 12.3 Å². The van der Waals surface area contributed by atoms with Gasteiger partial charge in [0.05, 0.1) is 11.4 Å². The van der Waals surface area contributed by atoms with E-state index in [1.165, 1.54) is 4.80 Å². The maximum atomic E-state index is 12.2. The molecule has 138 valence electrons. The molecule has 7 nitrogen and oxygen atoms in total. The second kappa shape index (κ2) is 8.46. The molecular formula is C19H17ClN4O3. The first kappa shape index (κ1) is 18.6. The average Bonchev–Trinajstić information content (AvgIpc) is 3.08. The van der Waals surface area contributed by atoms with E-state index in [2.05, 4.69) is 15.5 Å². The van der Waals surface area contributed by atoms with E-state index in [9.17, 15) is 9.59 Å². The van der Waals surface area contributed by atoms with E-state index >= 15 is 0 Å². The number of aromatic nitrogens is 3. The van der Waals surface area contributed by atoms with Crippen molar-refractivity contribution in [1.82, 2.24) is 20.3 Å². The largest absolute Gasteiger partial charge is 0.451 e. The van der Waals surface area contributed by atoms with Gasteiger partial charge in [-0.2, -0.15) is 9.90 Å². The van der Waals surface area contributed by atoms with Crippen molar-refractivity contribution in [2.24, 2.45) is 0 Å². The van der Waals surface area contributed by atoms with Gasteiger partial charge < -0.3 is 10.1 Å². The fourth-order valence-electron chi connectivity index (χ4n) is 2.30. The second-order valence-electron chi connectivity index (χ2n) is 5.74. The molecular weight excluding hydrogens is 368 g/mol. The maximum Gasteiger partial charge on any atom is 0.361 e. The Kier molecular flexibility index (Phi) is 5.83. The first-order chi connectivity index (χ1) is 13.0. The number of carbonyl (C=O) groups excluding carboxylic acids is 2. The first-order valence-corrected chi connectivity index (χ1v) is 8.58. The van der Waals surface area contributed by atoms with E-state index < -0.39 is 18.5 Å². The quantitative estimate of drug-likeness (QED) is 0.660. The molecule has 0 aliphatic heterocycles. The number of aryl methyl sites for hydroxylation is 1. The Morgan fingerprint density at radius 3 is 2.48 bits per heavy atom. The number of rotatable bonds is 6. The molecule has 0 saturated heterocycles. The van der Waals surface area contributed by atoms with E-state index in [0.29, 0.717) is 17.3 Å². The summed E-state index contributed by atoms with van der Waals surface area (Å²) in [7, 11) is 0. The summed E-state index contributed by atoms with van der Waals surface area (Å²) in [5.41, 5.74) is 2.11. The van der Waals surface area contributed by atoms with Gasteiger partial charge in [0, 0.05) is 11.6 Å². The van der Waals surface area contributed by atoms with Crippen LogP contribution < -0.4 is 5.32 Å². The molecule has 2 aromatic carbocycles. The Labute approximate surface area is 160 Å². The van der Waals surface area contributed by atoms with E-state index in [0.717, 1.165) is 11.3 Å². The Morgan fingerprint density at radius 1 is 1.07 bits per heavy atom. The number of esters is 1. The summed E-state index contributed by atoms with van der Waals surface area (Å²) in [4.78, 5) is 25.4. The average molecular weight is 385 g/mol. The van der Waals surface area contributed by atoms with Crippen LogP contribution in [0, 0.1) is 6.92 Å². The normalized spacial score (nSPS) is 10.4. The smallest absolute Gasteiger partial charge is 0.361 e. The van der Waals surface area contributed by atoms with E-state index in [1.54, 1.807) is 31.2 Å². The zero-order chi connectivity index (χ0) is 19.2. The highest BCUT2D eigenvalue weighted by atomic mass is 35.5. The van der Waals surface area contributed by atoms with Crippen molar-refractivity contribution in [3.05, 3.63) is 76.6 Å². The highest BCUT2D eigenvalue weighted by molar-refractivity contribution is 6.30. The summed E-state index contributed by atoms with van der Waals surface area (Å²) in [5.74, 6) is -1.11. The van der Waals surface area contributed by atoms with Crippen LogP contribution in [0.3, 0.4) is 0 Å². The molecule has 0 aliphatic carbocycles. The minimum atomic E-state index is -0.698. The zero-order valence-corrected chi connectivity index (χ0v) is 15.3. The standard InChI is InChI=1S/C19H17ClN4O3/c1-13-18(23-24(22-13)16-5-3-2-4-6-16)19(26)27-12-17(25)21-11-14-7-9-15(20)10-8-14/h2-10H,11-12H2,1H3,(H,21,25). The van der Waals surface area contributed by atoms with Crippen molar-refractivity contribution in [1.29, 1.82) is 0 Å². The predicted octanol–water partition coefficient (Wildman–Crippen LogP) is 2.70. The fraction of sp³-hybridized carbons (Fsp3) is 0.158. The lowest BCUT2D eigenvalue weighted by molar-refractivity contribution is -0.124. The van der Waals surface area contributed by atoms with Gasteiger partial charge in [-0.3, -0.25) is 4.79 Å². The summed E-state index contributed by atoms with van der Waals surface area (Å²) >= 11 is 5.81. The van der Waals surface area contributed by atoms with E-state index in [4.69, 9.17) is 16.3 Å². The van der Waals surface area contributed by atoms with Gasteiger partial charge in [0.1, 0.15) is 0 Å². The maximum absolute atomic E-state index is 12.2. The Balaban J connectivity index is 1.54. The molecule has 1 amide bonds. The summed E-state index contributed by atoms with van der Waals surface area (Å²) in [6, 6.07) is 16.3. The minimum Gasteiger partial charge on any atom is -0.451 e. The number of nitrogens with one attached hydrogen (secondary N) is 1. The number of para-hydroxylation sites is 1. The number of hydrogen-bond donors (Lipinski definition) is 1. The molecule has 0 atom stereocenters. The van der Waals surface area contributed by atoms with Crippen molar-refractivity contribution in [2.75, 3.05) is 6.61 Å². The number of amides is 1. The summed E-state index contributed by atoms with van der Waals surface area (Å²) in [6.07, 6.45) is 0. The topological polar surface area (TPSA) is 86.1 Å². The molecule has 1 N–H and O–H groups in total. The number of halogens is 1. The van der Waals surface area contributed by atoms with Crippen molar-refractivity contribution >= 4 is 23.5 Å². The van der Waals surface area contributed by atoms with Crippen molar-refractivity contribution in [3.63, 3.8) is 0 Å². The van der Waals surface area contributed by atoms with Gasteiger partial charge in [-0.05, 0) is 36.8 Å². The Morgan fingerprint density at radius 2 is 1.78 bits per heavy atom. The molecule has 27 heavy (non-hydrogen) atoms. The lowest BCUT2D eigenvalue weighted by Crippen LogP contribution is -2.28. The van der Waals surface area contributed by atoms with Crippen molar-refractivity contribution in [2.45, 2.75) is 13.5 Å². The molecule has 1 heterocycles. The molecule has 0 aliphatic rings. The van der Waals surface area contributed by atoms with Gasteiger partial charge >= 0.3 is 5.97 Å². The van der Waals surface area contributed by atoms with Crippen LogP contribution in [0.4, 0.5) is 0 Å². The van der Waals surface area contributed by atoms with E-state index in [-0.39, 0.29) is 5.69 Å². The molecule has 0 spiro atoms. The third-order valence-corrected chi connectivity index (χ3v) is 3.95. The first-order valence-electron chi connectivity index (χ1n) is 8.20. The SMILES string of the molecule is Cc1nn(-c2ccccc2)nc1C(=O)OCC(=O)NCc1ccc(Cl)cc1. The zero-order valence-electron chi connectivity index (χ0n) is 14.6. The number of ether oxygens (including phenoxy) is 1. The summed E-state index contributed by atoms with van der Waals surface area (Å²) in [6.45, 7) is 1.57. The second-order valence-corrected chi connectivity index (χ2v) is 6.17. The lowest BCUT2D eigenvalue weighted by atomic mass is 10.2. The van der Waals surface area contributed by atoms with Crippen LogP contribution in [-0.4, -0.2) is 33.5 Å². The van der Waals surface area contributed by atoms with Crippen LogP contribution in [0.5, 0.6) is 0 Å². The molecule has 1 aromatic heterocycles. The Hall–Kier alpha value is -3.19. The fourth-order valence-corrected chi connectivity index (χ4v) is 2.42. The number of hydrogen-bond acceptors (Lipinski definition) is 5. The van der Waals surface area contributed by atoms with Crippen LogP contribution in [0.25, 0.3) is 5.69 Å². The van der Waals surface area contributed by atoms with Crippen LogP contribution in [-0.2, 0) is 16.1 Å². The highest BCUT2D eigenvalue weighted by Gasteiger charge is 2.19. The summed E-state index contributed by atoms with van der Waals surface area (Å²) < 4.78 is 5.04. The predicted molar refractivity (Wildman–Crippen MR) is 99.7 cm³/mol. The highest BCUT2D eigenvalue weighted by Crippen LogP contribution is 2.10. The molecule has 0 unspecified atom stereocenters. The molecule has 8 heteroatoms. The van der Waals surface area contributed by atoms with Crippen LogP contribution in [0.1, 0.15) is 21.7 Å². The number of nitrogens with zero attached hydrogens (tertiary/aromatic N) is 3. The van der Waals surface area contributed by atoms with Crippen LogP contribution in [0.2, 0.25) is 5.02 Å². The molecule has 0 bridgehead atoms. The van der Waals surface area contributed by atoms with Crippen molar-refractivity contribution < 1.29 is 14.3 Å². The molecule has 0 fully saturated rings. The molecule has 3 rings (SSSR count). The third kappa shape index (κ3) is 4.92. The van der Waals surface area contributed by atoms with Gasteiger partial charge in [0.25, 0.3) is 5.91 Å². The molecule has 0 radical (unpaired) electrons. The lowest BCUT2D eigenvalue weighted by Gasteiger charge is -2.06. The van der Waals surface area contributed by atoms with Gasteiger partial charge in [-0.1, -0.05) is 41.9 Å². The Bertz CT molecular complexity index is 939. The number of benzene rings is 2. The molecule has 3 aromatic rings.